The molecule has 7 heteroatoms. The van der Waals surface area contributed by atoms with Crippen molar-refractivity contribution in [3.8, 4) is 0 Å². The Morgan fingerprint density at radius 2 is 2.33 bits per heavy atom. The molecule has 0 aliphatic carbocycles. The second kappa shape index (κ2) is 5.45. The van der Waals surface area contributed by atoms with Crippen LogP contribution in [0.4, 0.5) is 0 Å². The van der Waals surface area contributed by atoms with Gasteiger partial charge in [0.15, 0.2) is 0 Å². The van der Waals surface area contributed by atoms with Crippen molar-refractivity contribution in [3.63, 3.8) is 0 Å². The van der Waals surface area contributed by atoms with Gasteiger partial charge in [0.2, 0.25) is 5.91 Å². The summed E-state index contributed by atoms with van der Waals surface area (Å²) in [6, 6.07) is 0.244. The minimum Gasteiger partial charge on any atom is -0.336 e. The first-order valence-corrected chi connectivity index (χ1v) is 6.17. The number of likely N-dealkylation sites (N-methyl/N-ethyl adjacent to an activating group) is 1. The van der Waals surface area contributed by atoms with Gasteiger partial charge in [-0.1, -0.05) is 5.21 Å². The van der Waals surface area contributed by atoms with E-state index in [0.29, 0.717) is 12.2 Å². The molecule has 1 atom stereocenters. The predicted octanol–water partition coefficient (Wildman–Crippen LogP) is -1.10. The highest BCUT2D eigenvalue weighted by Gasteiger charge is 2.25. The molecule has 1 aliphatic rings. The Kier molecular flexibility index (Phi) is 3.93. The maximum Gasteiger partial charge on any atom is 0.244 e. The number of carbonyl (C=O) groups is 1. The van der Waals surface area contributed by atoms with E-state index in [1.807, 2.05) is 4.90 Å². The molecule has 18 heavy (non-hydrogen) atoms. The lowest BCUT2D eigenvalue weighted by atomic mass is 10.2. The molecule has 1 aliphatic heterocycles. The number of aromatic nitrogens is 3. The summed E-state index contributed by atoms with van der Waals surface area (Å²) in [7, 11) is 2.07. The van der Waals surface area contributed by atoms with Gasteiger partial charge in [-0.25, -0.2) is 4.68 Å². The molecule has 1 fully saturated rings. The third kappa shape index (κ3) is 2.85. The van der Waals surface area contributed by atoms with E-state index in [0.717, 1.165) is 19.6 Å². The van der Waals surface area contributed by atoms with Crippen LogP contribution in [-0.2, 0) is 17.9 Å². The van der Waals surface area contributed by atoms with E-state index in [2.05, 4.69) is 29.2 Å². The molecule has 0 bridgehead atoms. The molecule has 7 nitrogen and oxygen atoms in total. The largest absolute Gasteiger partial charge is 0.336 e. The lowest BCUT2D eigenvalue weighted by molar-refractivity contribution is -0.136. The average Bonchev–Trinajstić information content (AvgIpc) is 2.76. The zero-order valence-corrected chi connectivity index (χ0v) is 10.9. The summed E-state index contributed by atoms with van der Waals surface area (Å²) in [5, 5.41) is 7.76. The molecule has 2 heterocycles. The second-order valence-electron chi connectivity index (χ2n) is 4.81. The molecule has 1 unspecified atom stereocenters. The third-order valence-electron chi connectivity index (χ3n) is 3.24. The van der Waals surface area contributed by atoms with Gasteiger partial charge in [-0.15, -0.1) is 5.10 Å². The smallest absolute Gasteiger partial charge is 0.244 e. The summed E-state index contributed by atoms with van der Waals surface area (Å²) in [6.45, 7) is 5.26. The molecule has 100 valence electrons. The SMILES string of the molecule is CC1CN(C)CCN1C(=O)Cn1cc(CN)nn1. The zero-order valence-electron chi connectivity index (χ0n) is 10.9. The van der Waals surface area contributed by atoms with E-state index in [9.17, 15) is 4.79 Å². The summed E-state index contributed by atoms with van der Waals surface area (Å²) < 4.78 is 1.55. The van der Waals surface area contributed by atoms with Gasteiger partial charge in [0, 0.05) is 32.2 Å². The topological polar surface area (TPSA) is 80.3 Å². The zero-order chi connectivity index (χ0) is 13.1. The first-order valence-electron chi connectivity index (χ1n) is 6.17. The number of hydrogen-bond acceptors (Lipinski definition) is 5. The van der Waals surface area contributed by atoms with Gasteiger partial charge in [-0.2, -0.15) is 0 Å². The number of rotatable bonds is 3. The molecular formula is C11H20N6O. The Bertz CT molecular complexity index is 417. The number of nitrogens with two attached hydrogens (primary N) is 1. The summed E-state index contributed by atoms with van der Waals surface area (Å²) >= 11 is 0. The van der Waals surface area contributed by atoms with E-state index < -0.39 is 0 Å². The van der Waals surface area contributed by atoms with Gasteiger partial charge in [-0.05, 0) is 14.0 Å². The quantitative estimate of drug-likeness (QED) is 0.738. The van der Waals surface area contributed by atoms with Crippen LogP contribution >= 0.6 is 0 Å². The van der Waals surface area contributed by atoms with Crippen molar-refractivity contribution in [1.29, 1.82) is 0 Å². The minimum absolute atomic E-state index is 0.0871. The van der Waals surface area contributed by atoms with Crippen molar-refractivity contribution < 1.29 is 4.79 Å². The Morgan fingerprint density at radius 1 is 1.56 bits per heavy atom. The highest BCUT2D eigenvalue weighted by atomic mass is 16.2. The molecule has 0 spiro atoms. The average molecular weight is 252 g/mol. The van der Waals surface area contributed by atoms with Gasteiger partial charge in [0.25, 0.3) is 0 Å². The molecule has 1 saturated heterocycles. The number of piperazine rings is 1. The van der Waals surface area contributed by atoms with E-state index in [-0.39, 0.29) is 18.5 Å². The van der Waals surface area contributed by atoms with Crippen LogP contribution in [0.2, 0.25) is 0 Å². The Balaban J connectivity index is 1.95. The van der Waals surface area contributed by atoms with Crippen LogP contribution in [0.25, 0.3) is 0 Å². The summed E-state index contributed by atoms with van der Waals surface area (Å²) in [5.41, 5.74) is 6.16. The van der Waals surface area contributed by atoms with Crippen LogP contribution < -0.4 is 5.73 Å². The lowest BCUT2D eigenvalue weighted by Crippen LogP contribution is -2.53. The molecule has 0 saturated carbocycles. The molecule has 1 aromatic rings. The number of amides is 1. The van der Waals surface area contributed by atoms with Crippen molar-refractivity contribution in [2.75, 3.05) is 26.7 Å². The number of hydrogen-bond donors (Lipinski definition) is 1. The molecule has 1 amide bonds. The fourth-order valence-electron chi connectivity index (χ4n) is 2.25. The van der Waals surface area contributed by atoms with Gasteiger partial charge in [0.05, 0.1) is 11.9 Å². The van der Waals surface area contributed by atoms with Gasteiger partial charge in [-0.3, -0.25) is 4.79 Å². The molecule has 2 N–H and O–H groups in total. The molecule has 0 aromatic carbocycles. The molecule has 0 radical (unpaired) electrons. The monoisotopic (exact) mass is 252 g/mol. The van der Waals surface area contributed by atoms with Crippen molar-refractivity contribution in [2.45, 2.75) is 26.1 Å². The summed E-state index contributed by atoms with van der Waals surface area (Å²) in [5.74, 6) is 0.0871. The molecule has 1 aromatic heterocycles. The first kappa shape index (κ1) is 13.0. The van der Waals surface area contributed by atoms with Crippen molar-refractivity contribution in [1.82, 2.24) is 24.8 Å². The van der Waals surface area contributed by atoms with E-state index in [1.54, 1.807) is 10.9 Å². The minimum atomic E-state index is 0.0871. The van der Waals surface area contributed by atoms with Crippen LogP contribution in [-0.4, -0.2) is 63.4 Å². The van der Waals surface area contributed by atoms with Gasteiger partial charge >= 0.3 is 0 Å². The first-order chi connectivity index (χ1) is 8.60. The number of carbonyl (C=O) groups excluding carboxylic acids is 1. The summed E-state index contributed by atoms with van der Waals surface area (Å²) in [4.78, 5) is 16.3. The fraction of sp³-hybridized carbons (Fsp3) is 0.727. The van der Waals surface area contributed by atoms with Crippen LogP contribution in [0.5, 0.6) is 0 Å². The standard InChI is InChI=1S/C11H20N6O/c1-9-6-15(2)3-4-17(9)11(18)8-16-7-10(5-12)13-14-16/h7,9H,3-6,8,12H2,1-2H3. The normalized spacial score (nSPS) is 21.3. The van der Waals surface area contributed by atoms with E-state index in [4.69, 9.17) is 5.73 Å². The summed E-state index contributed by atoms with van der Waals surface area (Å²) in [6.07, 6.45) is 1.72. The van der Waals surface area contributed by atoms with Gasteiger partial charge < -0.3 is 15.5 Å². The fourth-order valence-corrected chi connectivity index (χ4v) is 2.25. The highest BCUT2D eigenvalue weighted by Crippen LogP contribution is 2.08. The Hall–Kier alpha value is -1.47. The van der Waals surface area contributed by atoms with Crippen LogP contribution in [0, 0.1) is 0 Å². The third-order valence-corrected chi connectivity index (χ3v) is 3.24. The maximum absolute atomic E-state index is 12.2. The Morgan fingerprint density at radius 3 is 2.94 bits per heavy atom. The maximum atomic E-state index is 12.2. The predicted molar refractivity (Wildman–Crippen MR) is 66.6 cm³/mol. The lowest BCUT2D eigenvalue weighted by Gasteiger charge is -2.38. The van der Waals surface area contributed by atoms with Crippen LogP contribution in [0.15, 0.2) is 6.20 Å². The van der Waals surface area contributed by atoms with Crippen molar-refractivity contribution in [3.05, 3.63) is 11.9 Å². The molecule has 2 rings (SSSR count). The van der Waals surface area contributed by atoms with Gasteiger partial charge in [0.1, 0.15) is 6.54 Å². The van der Waals surface area contributed by atoms with E-state index in [1.165, 1.54) is 0 Å². The van der Waals surface area contributed by atoms with Crippen molar-refractivity contribution in [2.24, 2.45) is 5.73 Å². The number of nitrogens with zero attached hydrogens (tertiary/aromatic N) is 5. The second-order valence-corrected chi connectivity index (χ2v) is 4.81. The molecular weight excluding hydrogens is 232 g/mol. The highest BCUT2D eigenvalue weighted by molar-refractivity contribution is 5.76. The Labute approximate surface area is 107 Å². The van der Waals surface area contributed by atoms with Crippen LogP contribution in [0.1, 0.15) is 12.6 Å². The van der Waals surface area contributed by atoms with E-state index >= 15 is 0 Å². The van der Waals surface area contributed by atoms with Crippen molar-refractivity contribution >= 4 is 5.91 Å². The van der Waals surface area contributed by atoms with Crippen LogP contribution in [0.3, 0.4) is 0 Å².